The molecule has 0 bridgehead atoms. The summed E-state index contributed by atoms with van der Waals surface area (Å²) in [5, 5.41) is 17.0. The van der Waals surface area contributed by atoms with Crippen molar-refractivity contribution in [3.63, 3.8) is 0 Å². The van der Waals surface area contributed by atoms with E-state index in [0.29, 0.717) is 17.1 Å². The maximum atomic E-state index is 11.9. The second-order valence-corrected chi connectivity index (χ2v) is 6.18. The van der Waals surface area contributed by atoms with Crippen molar-refractivity contribution in [3.8, 4) is 0 Å². The van der Waals surface area contributed by atoms with Crippen LogP contribution in [-0.4, -0.2) is 35.3 Å². The minimum absolute atomic E-state index is 0.132. The van der Waals surface area contributed by atoms with E-state index in [0.717, 1.165) is 0 Å². The Morgan fingerprint density at radius 1 is 1.50 bits per heavy atom. The Kier molecular flexibility index (Phi) is 4.07. The van der Waals surface area contributed by atoms with Crippen LogP contribution >= 0.6 is 11.3 Å². The summed E-state index contributed by atoms with van der Waals surface area (Å²) in [5.41, 5.74) is 0. The number of sulfonamides is 1. The average Bonchev–Trinajstić information content (AvgIpc) is 2.99. The lowest BCUT2D eigenvalue weighted by Gasteiger charge is -2.05. The number of H-pyrrole nitrogens is 1. The van der Waals surface area contributed by atoms with E-state index in [2.05, 4.69) is 19.9 Å². The highest BCUT2D eigenvalue weighted by Crippen LogP contribution is 2.21. The molecule has 2 aromatic rings. The number of nitrogens with one attached hydrogen (secondary N) is 2. The van der Waals surface area contributed by atoms with E-state index < -0.39 is 10.0 Å². The zero-order valence-corrected chi connectivity index (χ0v) is 11.0. The molecule has 0 amide bonds. The molecule has 9 heteroatoms. The fourth-order valence-corrected chi connectivity index (χ4v) is 3.74. The average molecular weight is 288 g/mol. The molecule has 0 atom stereocenters. The number of aromatic nitrogens is 3. The van der Waals surface area contributed by atoms with E-state index in [-0.39, 0.29) is 18.0 Å². The summed E-state index contributed by atoms with van der Waals surface area (Å²) in [7, 11) is -3.57. The van der Waals surface area contributed by atoms with E-state index in [4.69, 9.17) is 5.11 Å². The number of thiophene rings is 1. The van der Waals surface area contributed by atoms with Crippen LogP contribution in [0.25, 0.3) is 0 Å². The maximum absolute atomic E-state index is 11.9. The van der Waals surface area contributed by atoms with Gasteiger partial charge >= 0.3 is 0 Å². The molecule has 2 rings (SSSR count). The first-order valence-electron chi connectivity index (χ1n) is 5.14. The van der Waals surface area contributed by atoms with Crippen molar-refractivity contribution < 1.29 is 13.5 Å². The van der Waals surface area contributed by atoms with Crippen LogP contribution in [0.5, 0.6) is 0 Å². The Balaban J connectivity index is 1.99. The normalized spacial score (nSPS) is 11.8. The highest BCUT2D eigenvalue weighted by atomic mass is 32.2. The smallest absolute Gasteiger partial charge is 0.241 e. The van der Waals surface area contributed by atoms with Crippen molar-refractivity contribution in [2.24, 2.45) is 0 Å². The van der Waals surface area contributed by atoms with Gasteiger partial charge in [0.1, 0.15) is 12.2 Å². The van der Waals surface area contributed by atoms with Crippen LogP contribution < -0.4 is 4.72 Å². The molecule has 0 saturated carbocycles. The second-order valence-electron chi connectivity index (χ2n) is 3.45. The summed E-state index contributed by atoms with van der Waals surface area (Å²) in [5.74, 6) is 0.616. The number of aliphatic hydroxyl groups is 1. The third-order valence-electron chi connectivity index (χ3n) is 2.26. The fraction of sp³-hybridized carbons (Fsp3) is 0.333. The molecule has 0 aliphatic carbocycles. The highest BCUT2D eigenvalue weighted by molar-refractivity contribution is 7.89. The van der Waals surface area contributed by atoms with Crippen LogP contribution in [0.1, 0.15) is 10.7 Å². The number of aliphatic hydroxyl groups excluding tert-OH is 1. The van der Waals surface area contributed by atoms with Gasteiger partial charge in [-0.05, 0) is 11.4 Å². The Morgan fingerprint density at radius 2 is 2.33 bits per heavy atom. The molecule has 3 N–H and O–H groups in total. The quantitative estimate of drug-likeness (QED) is 0.687. The third-order valence-corrected chi connectivity index (χ3v) is 4.84. The molecule has 2 heterocycles. The molecule has 0 aliphatic heterocycles. The molecule has 0 saturated heterocycles. The van der Waals surface area contributed by atoms with Crippen LogP contribution in [0.15, 0.2) is 22.7 Å². The SMILES string of the molecule is O=S(=O)(NCCc1ncn[nH]1)c1ccsc1CO. The number of aromatic amines is 1. The van der Waals surface area contributed by atoms with Crippen molar-refractivity contribution in [1.29, 1.82) is 0 Å². The van der Waals surface area contributed by atoms with Gasteiger partial charge in [0, 0.05) is 17.8 Å². The minimum atomic E-state index is -3.57. The zero-order valence-electron chi connectivity index (χ0n) is 9.33. The van der Waals surface area contributed by atoms with Gasteiger partial charge in [-0.1, -0.05) is 0 Å². The molecule has 2 aromatic heterocycles. The molecule has 7 nitrogen and oxygen atoms in total. The van der Waals surface area contributed by atoms with Gasteiger partial charge < -0.3 is 5.11 Å². The zero-order chi connectivity index (χ0) is 13.0. The van der Waals surface area contributed by atoms with E-state index in [1.807, 2.05) is 0 Å². The molecule has 98 valence electrons. The van der Waals surface area contributed by atoms with Crippen LogP contribution in [0, 0.1) is 0 Å². The van der Waals surface area contributed by atoms with Crippen molar-refractivity contribution in [1.82, 2.24) is 19.9 Å². The van der Waals surface area contributed by atoms with E-state index in [1.54, 1.807) is 5.38 Å². The molecule has 0 unspecified atom stereocenters. The van der Waals surface area contributed by atoms with Crippen LogP contribution in [-0.2, 0) is 23.1 Å². The summed E-state index contributed by atoms with van der Waals surface area (Å²) in [6.45, 7) is -0.0613. The Labute approximate surface area is 108 Å². The predicted octanol–water partition coefficient (Wildman–Crippen LogP) is -0.121. The van der Waals surface area contributed by atoms with E-state index >= 15 is 0 Å². The van der Waals surface area contributed by atoms with Gasteiger partial charge in [-0.25, -0.2) is 18.1 Å². The predicted molar refractivity (Wildman–Crippen MR) is 65.5 cm³/mol. The minimum Gasteiger partial charge on any atom is -0.391 e. The van der Waals surface area contributed by atoms with Crippen molar-refractivity contribution in [2.75, 3.05) is 6.54 Å². The van der Waals surface area contributed by atoms with Crippen LogP contribution in [0.3, 0.4) is 0 Å². The van der Waals surface area contributed by atoms with Crippen molar-refractivity contribution >= 4 is 21.4 Å². The lowest BCUT2D eigenvalue weighted by Crippen LogP contribution is -2.26. The number of nitrogens with zero attached hydrogens (tertiary/aromatic N) is 2. The van der Waals surface area contributed by atoms with Gasteiger partial charge in [0.05, 0.1) is 11.5 Å². The third kappa shape index (κ3) is 2.93. The summed E-state index contributed by atoms with van der Waals surface area (Å²) in [6.07, 6.45) is 1.80. The second kappa shape index (κ2) is 5.57. The largest absolute Gasteiger partial charge is 0.391 e. The first kappa shape index (κ1) is 13.1. The van der Waals surface area contributed by atoms with E-state index in [1.165, 1.54) is 23.7 Å². The summed E-state index contributed by atoms with van der Waals surface area (Å²) in [4.78, 5) is 4.46. The lowest BCUT2D eigenvalue weighted by atomic mass is 10.4. The topological polar surface area (TPSA) is 108 Å². The van der Waals surface area contributed by atoms with E-state index in [9.17, 15) is 8.42 Å². The Hall–Kier alpha value is -1.29. The Bertz CT molecular complexity index is 591. The molecular weight excluding hydrogens is 276 g/mol. The number of hydrogen-bond donors (Lipinski definition) is 3. The van der Waals surface area contributed by atoms with Crippen molar-refractivity contribution in [3.05, 3.63) is 28.5 Å². The van der Waals surface area contributed by atoms with Gasteiger partial charge in [-0.15, -0.1) is 11.3 Å². The van der Waals surface area contributed by atoms with Gasteiger partial charge in [-0.2, -0.15) is 5.10 Å². The summed E-state index contributed by atoms with van der Waals surface area (Å²) < 4.78 is 26.3. The standard InChI is InChI=1S/C9H12N4O3S2/c14-5-7-8(2-4-17-7)18(15,16)12-3-1-9-10-6-11-13-9/h2,4,6,12,14H,1,3,5H2,(H,10,11,13). The van der Waals surface area contributed by atoms with Gasteiger partial charge in [-0.3, -0.25) is 5.10 Å². The molecular formula is C9H12N4O3S2. The first-order valence-corrected chi connectivity index (χ1v) is 7.51. The molecule has 0 fully saturated rings. The van der Waals surface area contributed by atoms with Gasteiger partial charge in [0.25, 0.3) is 0 Å². The molecule has 0 aliphatic rings. The number of hydrogen-bond acceptors (Lipinski definition) is 6. The monoisotopic (exact) mass is 288 g/mol. The molecule has 0 aromatic carbocycles. The summed E-state index contributed by atoms with van der Waals surface area (Å²) >= 11 is 1.21. The summed E-state index contributed by atoms with van der Waals surface area (Å²) in [6, 6.07) is 1.48. The molecule has 0 radical (unpaired) electrons. The Morgan fingerprint density at radius 3 is 3.00 bits per heavy atom. The highest BCUT2D eigenvalue weighted by Gasteiger charge is 2.18. The molecule has 18 heavy (non-hydrogen) atoms. The van der Waals surface area contributed by atoms with Gasteiger partial charge in [0.15, 0.2) is 0 Å². The van der Waals surface area contributed by atoms with Crippen molar-refractivity contribution in [2.45, 2.75) is 17.9 Å². The van der Waals surface area contributed by atoms with Gasteiger partial charge in [0.2, 0.25) is 10.0 Å². The maximum Gasteiger partial charge on any atom is 0.241 e. The molecule has 0 spiro atoms. The fourth-order valence-electron chi connectivity index (χ4n) is 1.42. The number of rotatable bonds is 6. The first-order chi connectivity index (χ1) is 8.63. The lowest BCUT2D eigenvalue weighted by molar-refractivity contribution is 0.282. The van der Waals surface area contributed by atoms with Crippen LogP contribution in [0.2, 0.25) is 0 Å². The van der Waals surface area contributed by atoms with Crippen LogP contribution in [0.4, 0.5) is 0 Å².